The predicted octanol–water partition coefficient (Wildman–Crippen LogP) is 3.83. The third-order valence-corrected chi connectivity index (χ3v) is 4.71. The SMILES string of the molecule is OC(Cc1csc2ccccc12)c1cn2ccccc2n1. The molecule has 1 aromatic carbocycles. The fourth-order valence-corrected chi connectivity index (χ4v) is 3.59. The zero-order valence-electron chi connectivity index (χ0n) is 11.3. The van der Waals surface area contributed by atoms with E-state index >= 15 is 0 Å². The van der Waals surface area contributed by atoms with Crippen LogP contribution in [-0.2, 0) is 6.42 Å². The van der Waals surface area contributed by atoms with E-state index in [0.29, 0.717) is 6.42 Å². The average Bonchev–Trinajstić information content (AvgIpc) is 3.11. The van der Waals surface area contributed by atoms with E-state index < -0.39 is 6.10 Å². The highest BCUT2D eigenvalue weighted by atomic mass is 32.1. The smallest absolute Gasteiger partial charge is 0.137 e. The monoisotopic (exact) mass is 294 g/mol. The Morgan fingerprint density at radius 2 is 2.00 bits per heavy atom. The maximum absolute atomic E-state index is 10.5. The van der Waals surface area contributed by atoms with Gasteiger partial charge in [0.05, 0.1) is 5.69 Å². The quantitative estimate of drug-likeness (QED) is 0.623. The molecule has 3 aromatic heterocycles. The fraction of sp³-hybridized carbons (Fsp3) is 0.118. The predicted molar refractivity (Wildman–Crippen MR) is 85.7 cm³/mol. The van der Waals surface area contributed by atoms with Crippen molar-refractivity contribution >= 4 is 27.1 Å². The molecule has 0 radical (unpaired) electrons. The largest absolute Gasteiger partial charge is 0.386 e. The molecule has 104 valence electrons. The van der Waals surface area contributed by atoms with Crippen LogP contribution in [-0.4, -0.2) is 14.5 Å². The summed E-state index contributed by atoms with van der Waals surface area (Å²) in [6, 6.07) is 14.1. The van der Waals surface area contributed by atoms with Gasteiger partial charge in [-0.05, 0) is 34.5 Å². The number of benzene rings is 1. The number of hydrogen-bond acceptors (Lipinski definition) is 3. The van der Waals surface area contributed by atoms with Crippen LogP contribution in [0.2, 0.25) is 0 Å². The fourth-order valence-electron chi connectivity index (χ4n) is 2.62. The van der Waals surface area contributed by atoms with Crippen molar-refractivity contribution in [2.45, 2.75) is 12.5 Å². The van der Waals surface area contributed by atoms with Gasteiger partial charge in [0, 0.05) is 23.5 Å². The molecule has 1 atom stereocenters. The van der Waals surface area contributed by atoms with Crippen molar-refractivity contribution in [3.63, 3.8) is 0 Å². The van der Waals surface area contributed by atoms with E-state index in [9.17, 15) is 5.11 Å². The zero-order valence-corrected chi connectivity index (χ0v) is 12.1. The number of nitrogens with zero attached hydrogens (tertiary/aromatic N) is 2. The Labute approximate surface area is 126 Å². The van der Waals surface area contributed by atoms with Crippen molar-refractivity contribution in [2.75, 3.05) is 0 Å². The Bertz CT molecular complexity index is 876. The van der Waals surface area contributed by atoms with Crippen molar-refractivity contribution in [1.82, 2.24) is 9.38 Å². The van der Waals surface area contributed by atoms with Crippen molar-refractivity contribution in [2.24, 2.45) is 0 Å². The van der Waals surface area contributed by atoms with Gasteiger partial charge in [-0.2, -0.15) is 0 Å². The molecule has 0 saturated carbocycles. The minimum Gasteiger partial charge on any atom is -0.386 e. The lowest BCUT2D eigenvalue weighted by atomic mass is 10.1. The minimum absolute atomic E-state index is 0.581. The van der Waals surface area contributed by atoms with E-state index in [1.807, 2.05) is 47.1 Å². The number of aliphatic hydroxyl groups excluding tert-OH is 1. The molecule has 1 N–H and O–H groups in total. The lowest BCUT2D eigenvalue weighted by Crippen LogP contribution is -2.01. The third kappa shape index (κ3) is 2.22. The summed E-state index contributed by atoms with van der Waals surface area (Å²) < 4.78 is 3.19. The van der Waals surface area contributed by atoms with Gasteiger partial charge in [0.15, 0.2) is 0 Å². The molecule has 4 aromatic rings. The van der Waals surface area contributed by atoms with Crippen LogP contribution in [0.15, 0.2) is 60.2 Å². The van der Waals surface area contributed by atoms with E-state index in [-0.39, 0.29) is 0 Å². The van der Waals surface area contributed by atoms with Gasteiger partial charge in [-0.25, -0.2) is 4.98 Å². The summed E-state index contributed by atoms with van der Waals surface area (Å²) in [5, 5.41) is 13.8. The molecule has 21 heavy (non-hydrogen) atoms. The van der Waals surface area contributed by atoms with Crippen molar-refractivity contribution in [3.05, 3.63) is 71.5 Å². The Hall–Kier alpha value is -2.17. The highest BCUT2D eigenvalue weighted by Gasteiger charge is 2.15. The molecule has 0 saturated heterocycles. The number of imidazole rings is 1. The Kier molecular flexibility index (Phi) is 2.98. The lowest BCUT2D eigenvalue weighted by Gasteiger charge is -2.06. The second kappa shape index (κ2) is 4.98. The van der Waals surface area contributed by atoms with Crippen LogP contribution in [0.1, 0.15) is 17.4 Å². The van der Waals surface area contributed by atoms with Crippen LogP contribution in [0.4, 0.5) is 0 Å². The number of pyridine rings is 1. The van der Waals surface area contributed by atoms with E-state index in [1.165, 1.54) is 15.6 Å². The van der Waals surface area contributed by atoms with Gasteiger partial charge in [0.25, 0.3) is 0 Å². The molecule has 4 heteroatoms. The lowest BCUT2D eigenvalue weighted by molar-refractivity contribution is 0.175. The van der Waals surface area contributed by atoms with Crippen molar-refractivity contribution < 1.29 is 5.11 Å². The summed E-state index contributed by atoms with van der Waals surface area (Å²) in [4.78, 5) is 4.49. The highest BCUT2D eigenvalue weighted by Crippen LogP contribution is 2.29. The molecular formula is C17H14N2OS. The summed E-state index contributed by atoms with van der Waals surface area (Å²) in [6.45, 7) is 0. The maximum atomic E-state index is 10.5. The third-order valence-electron chi connectivity index (χ3n) is 3.70. The molecule has 1 unspecified atom stereocenters. The summed E-state index contributed by atoms with van der Waals surface area (Å²) in [5.74, 6) is 0. The zero-order chi connectivity index (χ0) is 14.2. The number of fused-ring (bicyclic) bond motifs is 2. The number of rotatable bonds is 3. The molecular weight excluding hydrogens is 280 g/mol. The van der Waals surface area contributed by atoms with Gasteiger partial charge in [0.2, 0.25) is 0 Å². The first-order valence-corrected chi connectivity index (χ1v) is 7.76. The second-order valence-corrected chi connectivity index (χ2v) is 6.02. The summed E-state index contributed by atoms with van der Waals surface area (Å²) in [7, 11) is 0. The Morgan fingerprint density at radius 1 is 1.14 bits per heavy atom. The van der Waals surface area contributed by atoms with E-state index in [2.05, 4.69) is 22.5 Å². The summed E-state index contributed by atoms with van der Waals surface area (Å²) in [5.41, 5.74) is 2.76. The average molecular weight is 294 g/mol. The van der Waals surface area contributed by atoms with Crippen LogP contribution >= 0.6 is 11.3 Å². The first-order chi connectivity index (χ1) is 10.3. The minimum atomic E-state index is -0.581. The van der Waals surface area contributed by atoms with Gasteiger partial charge in [-0.15, -0.1) is 11.3 Å². The van der Waals surface area contributed by atoms with Crippen molar-refractivity contribution in [3.8, 4) is 0 Å². The maximum Gasteiger partial charge on any atom is 0.137 e. The highest BCUT2D eigenvalue weighted by molar-refractivity contribution is 7.17. The van der Waals surface area contributed by atoms with Crippen LogP contribution < -0.4 is 0 Å². The van der Waals surface area contributed by atoms with E-state index in [4.69, 9.17) is 0 Å². The molecule has 0 aliphatic carbocycles. The molecule has 0 bridgehead atoms. The molecule has 0 spiro atoms. The first kappa shape index (κ1) is 12.6. The number of aliphatic hydroxyl groups is 1. The Balaban J connectivity index is 1.67. The van der Waals surface area contributed by atoms with Gasteiger partial charge in [-0.3, -0.25) is 0 Å². The molecule has 0 fully saturated rings. The topological polar surface area (TPSA) is 37.5 Å². The normalized spacial score (nSPS) is 13.0. The standard InChI is InChI=1S/C17H14N2OS/c20-15(14-10-19-8-4-3-7-17(19)18-14)9-12-11-21-16-6-2-1-5-13(12)16/h1-8,10-11,15,20H,9H2. The van der Waals surface area contributed by atoms with Crippen molar-refractivity contribution in [1.29, 1.82) is 0 Å². The van der Waals surface area contributed by atoms with E-state index in [0.717, 1.165) is 11.3 Å². The summed E-state index contributed by atoms with van der Waals surface area (Å²) in [6.07, 6.45) is 3.85. The first-order valence-electron chi connectivity index (χ1n) is 6.88. The van der Waals surface area contributed by atoms with Crippen LogP contribution in [0.3, 0.4) is 0 Å². The molecule has 0 amide bonds. The molecule has 0 aliphatic heterocycles. The van der Waals surface area contributed by atoms with Crippen LogP contribution in [0.25, 0.3) is 15.7 Å². The molecule has 3 nitrogen and oxygen atoms in total. The number of thiophene rings is 1. The molecule has 3 heterocycles. The number of hydrogen-bond donors (Lipinski definition) is 1. The Morgan fingerprint density at radius 3 is 2.90 bits per heavy atom. The van der Waals surface area contributed by atoms with Gasteiger partial charge in [-0.1, -0.05) is 24.3 Å². The van der Waals surface area contributed by atoms with Gasteiger partial charge >= 0.3 is 0 Å². The molecule has 0 aliphatic rings. The van der Waals surface area contributed by atoms with Crippen LogP contribution in [0, 0.1) is 0 Å². The number of aromatic nitrogens is 2. The van der Waals surface area contributed by atoms with E-state index in [1.54, 1.807) is 11.3 Å². The van der Waals surface area contributed by atoms with Crippen LogP contribution in [0.5, 0.6) is 0 Å². The van der Waals surface area contributed by atoms with Gasteiger partial charge < -0.3 is 9.51 Å². The second-order valence-electron chi connectivity index (χ2n) is 5.11. The summed E-state index contributed by atoms with van der Waals surface area (Å²) >= 11 is 1.72. The van der Waals surface area contributed by atoms with Gasteiger partial charge in [0.1, 0.15) is 11.8 Å². The molecule has 4 rings (SSSR count).